The highest BCUT2D eigenvalue weighted by molar-refractivity contribution is 7.80. The lowest BCUT2D eigenvalue weighted by molar-refractivity contribution is 0.0524. The van der Waals surface area contributed by atoms with Gasteiger partial charge in [-0.3, -0.25) is 9.78 Å². The maximum atomic E-state index is 11.4. The molecular weight excluding hydrogens is 232 g/mol. The molecule has 0 bridgehead atoms. The van der Waals surface area contributed by atoms with Crippen LogP contribution in [-0.2, 0) is 4.74 Å². The van der Waals surface area contributed by atoms with Crippen molar-refractivity contribution in [3.05, 3.63) is 22.1 Å². The Morgan fingerprint density at radius 2 is 2.44 bits per heavy atom. The van der Waals surface area contributed by atoms with Crippen LogP contribution >= 0.6 is 12.2 Å². The van der Waals surface area contributed by atoms with Gasteiger partial charge in [-0.1, -0.05) is 0 Å². The second kappa shape index (κ2) is 5.21. The van der Waals surface area contributed by atoms with Crippen LogP contribution in [0.2, 0.25) is 0 Å². The van der Waals surface area contributed by atoms with E-state index in [1.807, 2.05) is 0 Å². The van der Waals surface area contributed by atoms with Gasteiger partial charge in [-0.05, 0) is 19.1 Å². The quantitative estimate of drug-likeness (QED) is 0.488. The number of thiocarbonyl (C=S) groups is 1. The molecule has 0 unspecified atom stereocenters. The Morgan fingerprint density at radius 1 is 1.75 bits per heavy atom. The number of aromatic amines is 1. The van der Waals surface area contributed by atoms with E-state index in [1.54, 1.807) is 6.92 Å². The minimum atomic E-state index is -0.724. The molecule has 0 spiro atoms. The maximum absolute atomic E-state index is 11.4. The van der Waals surface area contributed by atoms with E-state index in [1.165, 1.54) is 0 Å². The number of nitrogens with zero attached hydrogens (tertiary/aromatic N) is 1. The number of rotatable bonds is 3. The minimum absolute atomic E-state index is 0.0352. The van der Waals surface area contributed by atoms with Gasteiger partial charge in [0.25, 0.3) is 5.56 Å². The zero-order valence-electron chi connectivity index (χ0n) is 8.44. The Balaban J connectivity index is 2.96. The van der Waals surface area contributed by atoms with Gasteiger partial charge in [0.05, 0.1) is 12.8 Å². The molecular formula is C8H10N4O3S. The van der Waals surface area contributed by atoms with E-state index in [9.17, 15) is 9.59 Å². The van der Waals surface area contributed by atoms with Crippen LogP contribution in [-0.4, -0.2) is 27.7 Å². The van der Waals surface area contributed by atoms with Crippen molar-refractivity contribution in [2.45, 2.75) is 6.92 Å². The molecule has 4 N–H and O–H groups in total. The summed E-state index contributed by atoms with van der Waals surface area (Å²) >= 11 is 4.56. The van der Waals surface area contributed by atoms with E-state index in [2.05, 4.69) is 32.2 Å². The second-order valence-electron chi connectivity index (χ2n) is 2.68. The van der Waals surface area contributed by atoms with Gasteiger partial charge in [0.1, 0.15) is 5.56 Å². The standard InChI is InChI=1S/C8H10N4O3S/c1-2-15-6(14)4-3-10-8(11-5(4)13)12-7(9)16/h3H,2H2,1H3,(H4,9,10,11,12,13,16). The van der Waals surface area contributed by atoms with Crippen LogP contribution in [0.15, 0.2) is 11.0 Å². The first-order chi connectivity index (χ1) is 7.54. The van der Waals surface area contributed by atoms with E-state index in [0.29, 0.717) is 0 Å². The summed E-state index contributed by atoms with van der Waals surface area (Å²) in [4.78, 5) is 28.7. The highest BCUT2D eigenvalue weighted by Crippen LogP contribution is 1.96. The molecule has 0 amide bonds. The molecule has 16 heavy (non-hydrogen) atoms. The third-order valence-electron chi connectivity index (χ3n) is 1.54. The smallest absolute Gasteiger partial charge is 0.345 e. The number of H-pyrrole nitrogens is 1. The second-order valence-corrected chi connectivity index (χ2v) is 3.12. The molecule has 8 heteroatoms. The lowest BCUT2D eigenvalue weighted by atomic mass is 10.3. The Morgan fingerprint density at radius 3 is 2.94 bits per heavy atom. The molecule has 0 aliphatic heterocycles. The summed E-state index contributed by atoms with van der Waals surface area (Å²) in [7, 11) is 0. The first-order valence-electron chi connectivity index (χ1n) is 4.37. The fourth-order valence-corrected chi connectivity index (χ4v) is 1.03. The van der Waals surface area contributed by atoms with Crippen molar-refractivity contribution in [3.8, 4) is 0 Å². The third kappa shape index (κ3) is 3.02. The number of hydrogen-bond acceptors (Lipinski definition) is 5. The van der Waals surface area contributed by atoms with Crippen LogP contribution in [0.4, 0.5) is 5.95 Å². The SMILES string of the molecule is CCOC(=O)c1cnc(NC(N)=S)[nH]c1=O. The van der Waals surface area contributed by atoms with Gasteiger partial charge in [-0.25, -0.2) is 9.78 Å². The number of anilines is 1. The van der Waals surface area contributed by atoms with Crippen molar-refractivity contribution >= 4 is 29.2 Å². The first-order valence-corrected chi connectivity index (χ1v) is 4.78. The molecule has 0 aliphatic rings. The number of hydrogen-bond donors (Lipinski definition) is 3. The minimum Gasteiger partial charge on any atom is -0.462 e. The molecule has 0 radical (unpaired) electrons. The largest absolute Gasteiger partial charge is 0.462 e. The molecule has 0 saturated heterocycles. The zero-order valence-corrected chi connectivity index (χ0v) is 9.26. The summed E-state index contributed by atoms with van der Waals surface area (Å²) in [5.74, 6) is -0.649. The van der Waals surface area contributed by atoms with Gasteiger partial charge < -0.3 is 15.8 Å². The molecule has 0 saturated carbocycles. The Kier molecular flexibility index (Phi) is 3.95. The van der Waals surface area contributed by atoms with Gasteiger partial charge in [0.15, 0.2) is 5.11 Å². The lowest BCUT2D eigenvalue weighted by Gasteiger charge is -2.03. The predicted molar refractivity (Wildman–Crippen MR) is 61.2 cm³/mol. The van der Waals surface area contributed by atoms with E-state index in [-0.39, 0.29) is 23.2 Å². The molecule has 0 aromatic carbocycles. The van der Waals surface area contributed by atoms with Crippen molar-refractivity contribution in [3.63, 3.8) is 0 Å². The molecule has 1 heterocycles. The normalized spacial score (nSPS) is 9.56. The molecule has 7 nitrogen and oxygen atoms in total. The number of nitrogens with two attached hydrogens (primary N) is 1. The van der Waals surface area contributed by atoms with Crippen LogP contribution in [0.5, 0.6) is 0 Å². The fraction of sp³-hybridized carbons (Fsp3) is 0.250. The lowest BCUT2D eigenvalue weighted by Crippen LogP contribution is -2.25. The molecule has 0 fully saturated rings. The van der Waals surface area contributed by atoms with Crippen LogP contribution in [0.1, 0.15) is 17.3 Å². The van der Waals surface area contributed by atoms with Gasteiger partial charge >= 0.3 is 5.97 Å². The topological polar surface area (TPSA) is 110 Å². The Hall–Kier alpha value is -1.96. The summed E-state index contributed by atoms with van der Waals surface area (Å²) in [6.07, 6.45) is 1.09. The molecule has 1 aromatic rings. The van der Waals surface area contributed by atoms with Crippen molar-refractivity contribution in [1.29, 1.82) is 0 Å². The number of esters is 1. The van der Waals surface area contributed by atoms with Crippen LogP contribution in [0, 0.1) is 0 Å². The summed E-state index contributed by atoms with van der Waals surface area (Å²) < 4.78 is 4.66. The van der Waals surface area contributed by atoms with E-state index < -0.39 is 11.5 Å². The van der Waals surface area contributed by atoms with Crippen molar-refractivity contribution in [1.82, 2.24) is 9.97 Å². The van der Waals surface area contributed by atoms with Crippen LogP contribution < -0.4 is 16.6 Å². The number of ether oxygens (including phenoxy) is 1. The predicted octanol–water partition coefficient (Wildman–Crippen LogP) is -0.398. The monoisotopic (exact) mass is 242 g/mol. The Labute approximate surface area is 96.0 Å². The molecule has 0 atom stereocenters. The first kappa shape index (κ1) is 12.1. The molecule has 86 valence electrons. The fourth-order valence-electron chi connectivity index (χ4n) is 0.929. The van der Waals surface area contributed by atoms with Gasteiger partial charge in [-0.15, -0.1) is 0 Å². The summed E-state index contributed by atoms with van der Waals surface area (Å²) in [5.41, 5.74) is 4.40. The highest BCUT2D eigenvalue weighted by atomic mass is 32.1. The van der Waals surface area contributed by atoms with Crippen LogP contribution in [0.25, 0.3) is 0 Å². The number of aromatic nitrogens is 2. The van der Waals surface area contributed by atoms with Crippen molar-refractivity contribution < 1.29 is 9.53 Å². The number of nitrogens with one attached hydrogen (secondary N) is 2. The summed E-state index contributed by atoms with van der Waals surface area (Å²) in [6.45, 7) is 1.83. The number of carbonyl (C=O) groups excluding carboxylic acids is 1. The Bertz CT molecular complexity index is 471. The highest BCUT2D eigenvalue weighted by Gasteiger charge is 2.12. The average molecular weight is 242 g/mol. The van der Waals surface area contributed by atoms with E-state index in [4.69, 9.17) is 5.73 Å². The number of carbonyl (C=O) groups is 1. The summed E-state index contributed by atoms with van der Waals surface area (Å²) in [6, 6.07) is 0. The third-order valence-corrected chi connectivity index (χ3v) is 1.64. The molecule has 1 rings (SSSR count). The molecule has 0 aliphatic carbocycles. The van der Waals surface area contributed by atoms with E-state index >= 15 is 0 Å². The van der Waals surface area contributed by atoms with Crippen LogP contribution in [0.3, 0.4) is 0 Å². The maximum Gasteiger partial charge on any atom is 0.345 e. The average Bonchev–Trinajstić information content (AvgIpc) is 2.16. The van der Waals surface area contributed by atoms with E-state index in [0.717, 1.165) is 6.20 Å². The zero-order chi connectivity index (χ0) is 12.1. The summed E-state index contributed by atoms with van der Waals surface area (Å²) in [5, 5.41) is 2.40. The van der Waals surface area contributed by atoms with Crippen molar-refractivity contribution in [2.75, 3.05) is 11.9 Å². The molecule has 1 aromatic heterocycles. The van der Waals surface area contributed by atoms with Gasteiger partial charge in [0, 0.05) is 0 Å². The van der Waals surface area contributed by atoms with Gasteiger partial charge in [-0.2, -0.15) is 0 Å². The van der Waals surface area contributed by atoms with Crippen molar-refractivity contribution in [2.24, 2.45) is 5.73 Å². The van der Waals surface area contributed by atoms with Gasteiger partial charge in [0.2, 0.25) is 5.95 Å².